The van der Waals surface area contributed by atoms with E-state index in [1.807, 2.05) is 13.0 Å². The first-order valence-corrected chi connectivity index (χ1v) is 5.38. The summed E-state index contributed by atoms with van der Waals surface area (Å²) in [6.07, 6.45) is 1.58. The topological polar surface area (TPSA) is 51.8 Å². The van der Waals surface area contributed by atoms with Crippen molar-refractivity contribution in [3.05, 3.63) is 40.1 Å². The maximum absolute atomic E-state index is 5.92. The minimum absolute atomic E-state index is 0.484. The van der Waals surface area contributed by atoms with Gasteiger partial charge in [-0.3, -0.25) is 0 Å². The Balaban J connectivity index is 2.50. The lowest BCUT2D eigenvalue weighted by Gasteiger charge is -2.04. The van der Waals surface area contributed by atoms with Crippen molar-refractivity contribution in [2.45, 2.75) is 6.92 Å². The molecule has 0 fully saturated rings. The zero-order valence-corrected chi connectivity index (χ0v) is 10.0. The molecule has 0 radical (unpaired) electrons. The third-order valence-electron chi connectivity index (χ3n) is 2.20. The molecule has 0 bridgehead atoms. The van der Waals surface area contributed by atoms with E-state index in [2.05, 4.69) is 9.97 Å². The first kappa shape index (κ1) is 11.2. The van der Waals surface area contributed by atoms with E-state index in [4.69, 9.17) is 28.9 Å². The van der Waals surface area contributed by atoms with Crippen LogP contribution in [-0.4, -0.2) is 9.97 Å². The second-order valence-electron chi connectivity index (χ2n) is 3.36. The van der Waals surface area contributed by atoms with Gasteiger partial charge >= 0.3 is 0 Å². The number of nitrogen functional groups attached to an aromatic ring is 1. The SMILES string of the molecule is Cc1nc(-c2ccc(Cl)c(Cl)c2)ncc1N. The van der Waals surface area contributed by atoms with Crippen LogP contribution in [0.15, 0.2) is 24.4 Å². The van der Waals surface area contributed by atoms with E-state index in [0.717, 1.165) is 11.3 Å². The highest BCUT2D eigenvalue weighted by molar-refractivity contribution is 6.42. The molecule has 0 aliphatic rings. The molecule has 0 unspecified atom stereocenters. The summed E-state index contributed by atoms with van der Waals surface area (Å²) in [7, 11) is 0. The van der Waals surface area contributed by atoms with Crippen LogP contribution in [0.4, 0.5) is 5.69 Å². The smallest absolute Gasteiger partial charge is 0.159 e. The van der Waals surface area contributed by atoms with Gasteiger partial charge in [-0.1, -0.05) is 23.2 Å². The number of aryl methyl sites for hydroxylation is 1. The van der Waals surface area contributed by atoms with E-state index in [-0.39, 0.29) is 0 Å². The predicted molar refractivity (Wildman–Crippen MR) is 66.6 cm³/mol. The van der Waals surface area contributed by atoms with Crippen LogP contribution in [0.5, 0.6) is 0 Å². The molecule has 0 spiro atoms. The average molecular weight is 254 g/mol. The third kappa shape index (κ3) is 2.10. The van der Waals surface area contributed by atoms with Gasteiger partial charge in [0.15, 0.2) is 5.82 Å². The van der Waals surface area contributed by atoms with Crippen molar-refractivity contribution >= 4 is 28.9 Å². The van der Waals surface area contributed by atoms with Gasteiger partial charge in [-0.2, -0.15) is 0 Å². The summed E-state index contributed by atoms with van der Waals surface area (Å²) in [5.41, 5.74) is 7.79. The predicted octanol–water partition coefficient (Wildman–Crippen LogP) is 3.34. The average Bonchev–Trinajstić information content (AvgIpc) is 2.26. The second kappa shape index (κ2) is 4.28. The lowest BCUT2D eigenvalue weighted by atomic mass is 10.2. The maximum atomic E-state index is 5.92. The minimum atomic E-state index is 0.484. The van der Waals surface area contributed by atoms with E-state index in [9.17, 15) is 0 Å². The van der Waals surface area contributed by atoms with Crippen LogP contribution >= 0.6 is 23.2 Å². The van der Waals surface area contributed by atoms with Gasteiger partial charge in [0.2, 0.25) is 0 Å². The minimum Gasteiger partial charge on any atom is -0.396 e. The number of rotatable bonds is 1. The van der Waals surface area contributed by atoms with E-state index >= 15 is 0 Å². The first-order valence-electron chi connectivity index (χ1n) is 4.62. The van der Waals surface area contributed by atoms with Crippen molar-refractivity contribution in [1.29, 1.82) is 0 Å². The van der Waals surface area contributed by atoms with Crippen molar-refractivity contribution in [3.8, 4) is 11.4 Å². The molecule has 2 N–H and O–H groups in total. The number of nitrogens with two attached hydrogens (primary N) is 1. The van der Waals surface area contributed by atoms with Crippen molar-refractivity contribution in [1.82, 2.24) is 9.97 Å². The summed E-state index contributed by atoms with van der Waals surface area (Å²) >= 11 is 11.8. The summed E-state index contributed by atoms with van der Waals surface area (Å²) in [6, 6.07) is 5.27. The van der Waals surface area contributed by atoms with E-state index in [0.29, 0.717) is 21.6 Å². The molecule has 0 amide bonds. The van der Waals surface area contributed by atoms with Gasteiger partial charge in [-0.05, 0) is 25.1 Å². The zero-order valence-electron chi connectivity index (χ0n) is 8.54. The number of hydrogen-bond acceptors (Lipinski definition) is 3. The van der Waals surface area contributed by atoms with Crippen LogP contribution in [0.3, 0.4) is 0 Å². The molecule has 1 aromatic carbocycles. The summed E-state index contributed by atoms with van der Waals surface area (Å²) in [5.74, 6) is 0.588. The summed E-state index contributed by atoms with van der Waals surface area (Å²) in [4.78, 5) is 8.42. The number of hydrogen-bond donors (Lipinski definition) is 1. The molecular weight excluding hydrogens is 245 g/mol. The number of benzene rings is 1. The number of halogens is 2. The summed E-state index contributed by atoms with van der Waals surface area (Å²) in [5, 5.41) is 0.995. The van der Waals surface area contributed by atoms with Crippen molar-refractivity contribution in [2.75, 3.05) is 5.73 Å². The fourth-order valence-corrected chi connectivity index (χ4v) is 1.55. The first-order chi connectivity index (χ1) is 7.58. The largest absolute Gasteiger partial charge is 0.396 e. The molecular formula is C11H9Cl2N3. The second-order valence-corrected chi connectivity index (χ2v) is 4.18. The van der Waals surface area contributed by atoms with Crippen LogP contribution in [0.25, 0.3) is 11.4 Å². The Morgan fingerprint density at radius 1 is 1.19 bits per heavy atom. The van der Waals surface area contributed by atoms with Gasteiger partial charge in [0.05, 0.1) is 27.6 Å². The van der Waals surface area contributed by atoms with Gasteiger partial charge in [-0.25, -0.2) is 9.97 Å². The molecule has 0 saturated heterocycles. The van der Waals surface area contributed by atoms with E-state index < -0.39 is 0 Å². The molecule has 2 rings (SSSR count). The van der Waals surface area contributed by atoms with E-state index in [1.165, 1.54) is 0 Å². The number of aromatic nitrogens is 2. The lowest BCUT2D eigenvalue weighted by Crippen LogP contribution is -1.97. The van der Waals surface area contributed by atoms with Gasteiger partial charge in [0, 0.05) is 5.56 Å². The quantitative estimate of drug-likeness (QED) is 0.849. The standard InChI is InChI=1S/C11H9Cl2N3/c1-6-10(14)5-15-11(16-6)7-2-3-8(12)9(13)4-7/h2-5H,14H2,1H3. The Kier molecular flexibility index (Phi) is 2.99. The Hall–Kier alpha value is -1.32. The molecule has 0 aliphatic heterocycles. The Labute approximate surface area is 103 Å². The van der Waals surface area contributed by atoms with Gasteiger partial charge in [-0.15, -0.1) is 0 Å². The molecule has 82 valence electrons. The fraction of sp³-hybridized carbons (Fsp3) is 0.0909. The monoisotopic (exact) mass is 253 g/mol. The van der Waals surface area contributed by atoms with Crippen LogP contribution in [0.2, 0.25) is 10.0 Å². The van der Waals surface area contributed by atoms with Gasteiger partial charge in [0.25, 0.3) is 0 Å². The highest BCUT2D eigenvalue weighted by Gasteiger charge is 2.06. The summed E-state index contributed by atoms with van der Waals surface area (Å²) < 4.78 is 0. The van der Waals surface area contributed by atoms with Crippen molar-refractivity contribution in [2.24, 2.45) is 0 Å². The Morgan fingerprint density at radius 3 is 2.56 bits per heavy atom. The molecule has 0 atom stereocenters. The molecule has 16 heavy (non-hydrogen) atoms. The molecule has 0 aliphatic carbocycles. The molecule has 3 nitrogen and oxygen atoms in total. The molecule has 1 heterocycles. The molecule has 1 aromatic heterocycles. The molecule has 0 saturated carbocycles. The normalized spacial score (nSPS) is 10.4. The van der Waals surface area contributed by atoms with Crippen molar-refractivity contribution < 1.29 is 0 Å². The van der Waals surface area contributed by atoms with Crippen LogP contribution in [0.1, 0.15) is 5.69 Å². The Bertz CT molecular complexity index is 491. The highest BCUT2D eigenvalue weighted by Crippen LogP contribution is 2.27. The molecule has 2 aromatic rings. The zero-order chi connectivity index (χ0) is 11.7. The highest BCUT2D eigenvalue weighted by atomic mass is 35.5. The number of nitrogens with zero attached hydrogens (tertiary/aromatic N) is 2. The van der Waals surface area contributed by atoms with Crippen LogP contribution in [0, 0.1) is 6.92 Å². The van der Waals surface area contributed by atoms with Gasteiger partial charge in [0.1, 0.15) is 0 Å². The Morgan fingerprint density at radius 2 is 1.94 bits per heavy atom. The fourth-order valence-electron chi connectivity index (χ4n) is 1.25. The van der Waals surface area contributed by atoms with Gasteiger partial charge < -0.3 is 5.73 Å². The maximum Gasteiger partial charge on any atom is 0.159 e. The van der Waals surface area contributed by atoms with Crippen LogP contribution in [-0.2, 0) is 0 Å². The lowest BCUT2D eigenvalue weighted by molar-refractivity contribution is 1.12. The number of anilines is 1. The summed E-state index contributed by atoms with van der Waals surface area (Å²) in [6.45, 7) is 1.83. The third-order valence-corrected chi connectivity index (χ3v) is 2.93. The molecule has 5 heteroatoms. The van der Waals surface area contributed by atoms with Crippen LogP contribution < -0.4 is 5.73 Å². The van der Waals surface area contributed by atoms with E-state index in [1.54, 1.807) is 18.3 Å². The van der Waals surface area contributed by atoms with Crippen molar-refractivity contribution in [3.63, 3.8) is 0 Å².